The molecule has 1 saturated heterocycles. The molecule has 1 N–H and O–H groups in total. The molecule has 1 aliphatic carbocycles. The molecule has 1 unspecified atom stereocenters. The zero-order valence-corrected chi connectivity index (χ0v) is 16.3. The van der Waals surface area contributed by atoms with Crippen LogP contribution in [0.15, 0.2) is 34.4 Å². The van der Waals surface area contributed by atoms with Crippen molar-refractivity contribution < 1.29 is 4.90 Å². The van der Waals surface area contributed by atoms with Crippen molar-refractivity contribution in [1.82, 2.24) is 4.57 Å². The lowest BCUT2D eigenvalue weighted by atomic mass is 9.81. The van der Waals surface area contributed by atoms with Gasteiger partial charge in [0.05, 0.1) is 18.0 Å². The predicted octanol–water partition coefficient (Wildman–Crippen LogP) is 3.16. The molecule has 2 bridgehead atoms. The standard InChI is InChI=1S/C22H28N2OS/c25-22-20(17-5-2-1-3-6-17)8-9-21-18-11-16(13-24(21)22)12-23(14-18)15-19-7-4-10-26-19/h4,7-10,16-18H,1-3,5-6,11-15H2/p+1/t16-,18+/m0/s1. The lowest BCUT2D eigenvalue weighted by Crippen LogP contribution is -3.13. The maximum absolute atomic E-state index is 13.2. The molecule has 4 heteroatoms. The normalized spacial score (nSPS) is 28.7. The number of rotatable bonds is 3. The minimum absolute atomic E-state index is 0.339. The molecule has 2 aliphatic heterocycles. The highest BCUT2D eigenvalue weighted by molar-refractivity contribution is 7.09. The van der Waals surface area contributed by atoms with Crippen LogP contribution in [0.1, 0.15) is 66.5 Å². The second kappa shape index (κ2) is 6.97. The molecule has 0 radical (unpaired) electrons. The number of nitrogens with zero attached hydrogens (tertiary/aromatic N) is 1. The Hall–Kier alpha value is -1.39. The molecule has 1 saturated carbocycles. The molecule has 2 aromatic rings. The van der Waals surface area contributed by atoms with E-state index in [0.29, 0.717) is 23.3 Å². The van der Waals surface area contributed by atoms with E-state index in [-0.39, 0.29) is 0 Å². The molecule has 26 heavy (non-hydrogen) atoms. The fourth-order valence-corrected chi connectivity index (χ4v) is 6.49. The molecule has 0 aromatic carbocycles. The fraction of sp³-hybridized carbons (Fsp3) is 0.591. The molecule has 0 amide bonds. The first kappa shape index (κ1) is 16.8. The van der Waals surface area contributed by atoms with Gasteiger partial charge in [0.25, 0.3) is 5.56 Å². The second-order valence-electron chi connectivity index (χ2n) is 8.68. The SMILES string of the molecule is O=c1c(C2CCCCC2)ccc2n1C[C@H]1C[C@@H]2C[NH+](Cc2cccs2)C1. The number of aromatic nitrogens is 1. The Balaban J connectivity index is 1.40. The lowest BCUT2D eigenvalue weighted by molar-refractivity contribution is -0.924. The average Bonchev–Trinajstić information content (AvgIpc) is 3.16. The van der Waals surface area contributed by atoms with Crippen molar-refractivity contribution in [2.24, 2.45) is 5.92 Å². The quantitative estimate of drug-likeness (QED) is 0.884. The Bertz CT molecular complexity index is 819. The van der Waals surface area contributed by atoms with Gasteiger partial charge in [-0.25, -0.2) is 0 Å². The van der Waals surface area contributed by atoms with Crippen LogP contribution in [0.5, 0.6) is 0 Å². The molecule has 3 nitrogen and oxygen atoms in total. The van der Waals surface area contributed by atoms with Crippen molar-refractivity contribution in [3.8, 4) is 0 Å². The third-order valence-electron chi connectivity index (χ3n) is 6.88. The highest BCUT2D eigenvalue weighted by Crippen LogP contribution is 2.34. The number of likely N-dealkylation sites (tertiary alicyclic amines) is 1. The molecular formula is C22H29N2OS+. The van der Waals surface area contributed by atoms with Gasteiger partial charge in [0, 0.05) is 29.6 Å². The summed E-state index contributed by atoms with van der Waals surface area (Å²) in [6.45, 7) is 4.48. The molecule has 2 aromatic heterocycles. The van der Waals surface area contributed by atoms with E-state index in [1.807, 2.05) is 11.3 Å². The van der Waals surface area contributed by atoms with Gasteiger partial charge in [0.15, 0.2) is 0 Å². The van der Waals surface area contributed by atoms with Crippen molar-refractivity contribution in [3.05, 3.63) is 56.1 Å². The van der Waals surface area contributed by atoms with Crippen LogP contribution >= 0.6 is 11.3 Å². The van der Waals surface area contributed by atoms with Gasteiger partial charge in [-0.05, 0) is 42.7 Å². The highest BCUT2D eigenvalue weighted by Gasteiger charge is 2.38. The first-order valence-corrected chi connectivity index (χ1v) is 11.3. The van der Waals surface area contributed by atoms with Crippen LogP contribution in [-0.4, -0.2) is 17.7 Å². The molecular weight excluding hydrogens is 340 g/mol. The fourth-order valence-electron chi connectivity index (χ4n) is 5.71. The van der Waals surface area contributed by atoms with Gasteiger partial charge in [0.1, 0.15) is 6.54 Å². The van der Waals surface area contributed by atoms with E-state index < -0.39 is 0 Å². The van der Waals surface area contributed by atoms with Gasteiger partial charge in [-0.2, -0.15) is 0 Å². The Labute approximate surface area is 159 Å². The van der Waals surface area contributed by atoms with E-state index in [9.17, 15) is 4.79 Å². The van der Waals surface area contributed by atoms with E-state index >= 15 is 0 Å². The predicted molar refractivity (Wildman–Crippen MR) is 106 cm³/mol. The van der Waals surface area contributed by atoms with Crippen molar-refractivity contribution in [2.45, 2.75) is 63.5 Å². The van der Waals surface area contributed by atoms with Crippen molar-refractivity contribution in [2.75, 3.05) is 13.1 Å². The molecule has 0 spiro atoms. The number of hydrogen-bond donors (Lipinski definition) is 1. The number of quaternary nitrogens is 1. The first-order valence-electron chi connectivity index (χ1n) is 10.4. The first-order chi connectivity index (χ1) is 12.8. The zero-order valence-electron chi connectivity index (χ0n) is 15.5. The van der Waals surface area contributed by atoms with Crippen molar-refractivity contribution >= 4 is 11.3 Å². The Kier molecular flexibility index (Phi) is 4.49. The van der Waals surface area contributed by atoms with Gasteiger partial charge in [-0.3, -0.25) is 4.79 Å². The minimum atomic E-state index is 0.339. The van der Waals surface area contributed by atoms with Gasteiger partial charge >= 0.3 is 0 Å². The summed E-state index contributed by atoms with van der Waals surface area (Å²) in [5, 5.41) is 2.18. The Morgan fingerprint density at radius 1 is 1.08 bits per heavy atom. The molecule has 4 heterocycles. The number of thiophene rings is 1. The van der Waals surface area contributed by atoms with E-state index in [0.717, 1.165) is 18.7 Å². The topological polar surface area (TPSA) is 26.4 Å². The second-order valence-corrected chi connectivity index (χ2v) is 9.71. The van der Waals surface area contributed by atoms with Crippen LogP contribution in [-0.2, 0) is 13.1 Å². The Morgan fingerprint density at radius 2 is 1.96 bits per heavy atom. The van der Waals surface area contributed by atoms with Crippen LogP contribution in [0.3, 0.4) is 0 Å². The number of pyridine rings is 1. The van der Waals surface area contributed by atoms with Gasteiger partial charge in [-0.1, -0.05) is 31.4 Å². The lowest BCUT2D eigenvalue weighted by Gasteiger charge is -2.40. The number of fused-ring (bicyclic) bond motifs is 4. The maximum Gasteiger partial charge on any atom is 0.254 e. The van der Waals surface area contributed by atoms with Gasteiger partial charge < -0.3 is 9.47 Å². The van der Waals surface area contributed by atoms with E-state index in [2.05, 4.69) is 34.2 Å². The minimum Gasteiger partial charge on any atom is -0.330 e. The van der Waals surface area contributed by atoms with Crippen molar-refractivity contribution in [1.29, 1.82) is 0 Å². The third-order valence-corrected chi connectivity index (χ3v) is 7.75. The smallest absolute Gasteiger partial charge is 0.254 e. The van der Waals surface area contributed by atoms with E-state index in [4.69, 9.17) is 0 Å². The monoisotopic (exact) mass is 369 g/mol. The van der Waals surface area contributed by atoms with E-state index in [1.165, 1.54) is 62.2 Å². The summed E-state index contributed by atoms with van der Waals surface area (Å²) in [4.78, 5) is 16.4. The van der Waals surface area contributed by atoms with Gasteiger partial charge in [0.2, 0.25) is 0 Å². The molecule has 3 atom stereocenters. The van der Waals surface area contributed by atoms with Crippen LogP contribution in [0.2, 0.25) is 0 Å². The summed E-state index contributed by atoms with van der Waals surface area (Å²) in [6.07, 6.45) is 7.61. The molecule has 138 valence electrons. The van der Waals surface area contributed by atoms with Crippen LogP contribution in [0.25, 0.3) is 0 Å². The highest BCUT2D eigenvalue weighted by atomic mass is 32.1. The molecule has 3 aliphatic rings. The summed E-state index contributed by atoms with van der Waals surface area (Å²) in [7, 11) is 0. The molecule has 2 fully saturated rings. The summed E-state index contributed by atoms with van der Waals surface area (Å²) in [5.74, 6) is 1.73. The Morgan fingerprint density at radius 3 is 2.77 bits per heavy atom. The van der Waals surface area contributed by atoms with Gasteiger partial charge in [-0.15, -0.1) is 11.3 Å². The van der Waals surface area contributed by atoms with Crippen LogP contribution in [0, 0.1) is 5.92 Å². The summed E-state index contributed by atoms with van der Waals surface area (Å²) in [6, 6.07) is 8.92. The van der Waals surface area contributed by atoms with E-state index in [1.54, 1.807) is 4.90 Å². The number of nitrogens with one attached hydrogen (secondary N) is 1. The maximum atomic E-state index is 13.2. The zero-order chi connectivity index (χ0) is 17.5. The van der Waals surface area contributed by atoms with Crippen molar-refractivity contribution in [3.63, 3.8) is 0 Å². The summed E-state index contributed by atoms with van der Waals surface area (Å²) < 4.78 is 2.17. The van der Waals surface area contributed by atoms with Crippen LogP contribution in [0.4, 0.5) is 0 Å². The average molecular weight is 370 g/mol. The number of piperidine rings is 1. The number of hydrogen-bond acceptors (Lipinski definition) is 2. The largest absolute Gasteiger partial charge is 0.330 e. The summed E-state index contributed by atoms with van der Waals surface area (Å²) >= 11 is 1.87. The summed E-state index contributed by atoms with van der Waals surface area (Å²) in [5.41, 5.74) is 2.76. The molecule has 5 rings (SSSR count). The third kappa shape index (κ3) is 3.07. The van der Waals surface area contributed by atoms with Crippen LogP contribution < -0.4 is 10.5 Å².